The minimum Gasteiger partial charge on any atom is -0.374 e. The van der Waals surface area contributed by atoms with Gasteiger partial charge in [-0.05, 0) is 26.7 Å². The molecule has 0 saturated carbocycles. The summed E-state index contributed by atoms with van der Waals surface area (Å²) in [6.07, 6.45) is 3.06. The molecule has 1 unspecified atom stereocenters. The van der Waals surface area contributed by atoms with E-state index in [0.717, 1.165) is 19.5 Å². The lowest BCUT2D eigenvalue weighted by molar-refractivity contribution is -0.00150. The van der Waals surface area contributed by atoms with Gasteiger partial charge in [0.05, 0.1) is 12.2 Å². The summed E-state index contributed by atoms with van der Waals surface area (Å²) >= 11 is 1.95. The molecule has 0 bridgehead atoms. The van der Waals surface area contributed by atoms with Crippen molar-refractivity contribution in [2.75, 3.05) is 18.8 Å². The van der Waals surface area contributed by atoms with E-state index in [9.17, 15) is 0 Å². The lowest BCUT2D eigenvalue weighted by Crippen LogP contribution is -2.31. The molecule has 0 rings (SSSR count). The second-order valence-corrected chi connectivity index (χ2v) is 5.21. The molecular weight excluding hydrogens is 206 g/mol. The maximum absolute atomic E-state index is 5.86. The van der Waals surface area contributed by atoms with Crippen LogP contribution in [-0.2, 0) is 4.74 Å². The molecule has 0 saturated heterocycles. The van der Waals surface area contributed by atoms with Gasteiger partial charge in [-0.1, -0.05) is 32.7 Å². The Morgan fingerprint density at radius 1 is 1.20 bits per heavy atom. The number of ether oxygens (including phenoxy) is 1. The molecule has 0 aromatic heterocycles. The van der Waals surface area contributed by atoms with Crippen LogP contribution in [0, 0.1) is 0 Å². The molecular formula is C12H27NOS. The second-order valence-electron chi connectivity index (χ2n) is 4.03. The standard InChI is InChI=1S/C12H27NOS/c1-6-9-15-13(8-3)10-12(7-2)14-11(4)5/h11-12H,6-10H2,1-5H3. The zero-order chi connectivity index (χ0) is 11.7. The molecule has 1 atom stereocenters. The van der Waals surface area contributed by atoms with E-state index in [2.05, 4.69) is 38.9 Å². The molecule has 0 aliphatic carbocycles. The number of nitrogens with zero attached hydrogens (tertiary/aromatic N) is 1. The smallest absolute Gasteiger partial charge is 0.0712 e. The Morgan fingerprint density at radius 2 is 1.87 bits per heavy atom. The largest absolute Gasteiger partial charge is 0.374 e. The summed E-state index contributed by atoms with van der Waals surface area (Å²) in [7, 11) is 0. The van der Waals surface area contributed by atoms with Crippen molar-refractivity contribution >= 4 is 11.9 Å². The molecule has 0 aromatic rings. The Labute approximate surface area is 99.9 Å². The molecule has 0 amide bonds. The van der Waals surface area contributed by atoms with Crippen LogP contribution in [0.15, 0.2) is 0 Å². The zero-order valence-electron chi connectivity index (χ0n) is 11.0. The Hall–Kier alpha value is 0.270. The summed E-state index contributed by atoms with van der Waals surface area (Å²) < 4.78 is 8.27. The molecule has 0 aromatic carbocycles. The second kappa shape index (κ2) is 9.49. The van der Waals surface area contributed by atoms with Gasteiger partial charge in [-0.25, -0.2) is 4.31 Å². The summed E-state index contributed by atoms with van der Waals surface area (Å²) in [6.45, 7) is 13.0. The van der Waals surface area contributed by atoms with Gasteiger partial charge in [0.2, 0.25) is 0 Å². The van der Waals surface area contributed by atoms with Gasteiger partial charge in [0.1, 0.15) is 0 Å². The zero-order valence-corrected chi connectivity index (χ0v) is 11.8. The first kappa shape index (κ1) is 15.3. The van der Waals surface area contributed by atoms with Crippen molar-refractivity contribution in [3.63, 3.8) is 0 Å². The lowest BCUT2D eigenvalue weighted by Gasteiger charge is -2.26. The SMILES string of the molecule is CCCSN(CC)CC(CC)OC(C)C. The molecule has 0 heterocycles. The first-order valence-corrected chi connectivity index (χ1v) is 7.11. The third-order valence-electron chi connectivity index (χ3n) is 2.16. The first-order valence-electron chi connectivity index (χ1n) is 6.17. The molecule has 0 aliphatic rings. The molecule has 0 fully saturated rings. The fourth-order valence-corrected chi connectivity index (χ4v) is 2.27. The molecule has 15 heavy (non-hydrogen) atoms. The number of hydrogen-bond donors (Lipinski definition) is 0. The highest BCUT2D eigenvalue weighted by Gasteiger charge is 2.13. The molecule has 3 heteroatoms. The summed E-state index contributed by atoms with van der Waals surface area (Å²) in [6, 6.07) is 0. The van der Waals surface area contributed by atoms with E-state index >= 15 is 0 Å². The Balaban J connectivity index is 3.88. The van der Waals surface area contributed by atoms with Gasteiger partial charge >= 0.3 is 0 Å². The molecule has 0 aliphatic heterocycles. The summed E-state index contributed by atoms with van der Waals surface area (Å²) in [4.78, 5) is 0. The third-order valence-corrected chi connectivity index (χ3v) is 3.52. The Morgan fingerprint density at radius 3 is 2.27 bits per heavy atom. The number of hydrogen-bond acceptors (Lipinski definition) is 3. The van der Waals surface area contributed by atoms with Crippen LogP contribution < -0.4 is 0 Å². The van der Waals surface area contributed by atoms with E-state index in [4.69, 9.17) is 4.74 Å². The van der Waals surface area contributed by atoms with Crippen LogP contribution >= 0.6 is 11.9 Å². The van der Waals surface area contributed by atoms with Crippen molar-refractivity contribution in [1.82, 2.24) is 4.31 Å². The van der Waals surface area contributed by atoms with Crippen molar-refractivity contribution in [1.29, 1.82) is 0 Å². The predicted molar refractivity (Wildman–Crippen MR) is 70.3 cm³/mol. The average molecular weight is 233 g/mol. The molecule has 0 spiro atoms. The minimum absolute atomic E-state index is 0.338. The van der Waals surface area contributed by atoms with Gasteiger partial charge in [-0.15, -0.1) is 0 Å². The summed E-state index contributed by atoms with van der Waals surface area (Å²) in [5.74, 6) is 1.21. The van der Waals surface area contributed by atoms with Crippen molar-refractivity contribution in [3.05, 3.63) is 0 Å². The minimum atomic E-state index is 0.338. The predicted octanol–water partition coefficient (Wildman–Crippen LogP) is 3.57. The lowest BCUT2D eigenvalue weighted by atomic mass is 10.2. The maximum Gasteiger partial charge on any atom is 0.0712 e. The van der Waals surface area contributed by atoms with Gasteiger partial charge in [-0.2, -0.15) is 0 Å². The van der Waals surface area contributed by atoms with Gasteiger partial charge in [0.25, 0.3) is 0 Å². The quantitative estimate of drug-likeness (QED) is 0.565. The van der Waals surface area contributed by atoms with Crippen molar-refractivity contribution < 1.29 is 4.74 Å². The average Bonchev–Trinajstić information content (AvgIpc) is 2.21. The van der Waals surface area contributed by atoms with Crippen LogP contribution in [0.1, 0.15) is 47.5 Å². The van der Waals surface area contributed by atoms with E-state index in [1.54, 1.807) is 0 Å². The fourth-order valence-electron chi connectivity index (χ4n) is 1.37. The first-order chi connectivity index (χ1) is 7.13. The maximum atomic E-state index is 5.86. The fraction of sp³-hybridized carbons (Fsp3) is 1.00. The van der Waals surface area contributed by atoms with E-state index in [0.29, 0.717) is 12.2 Å². The number of likely N-dealkylation sites (N-methyl/N-ethyl adjacent to an activating group) is 1. The van der Waals surface area contributed by atoms with Gasteiger partial charge < -0.3 is 4.74 Å². The monoisotopic (exact) mass is 233 g/mol. The normalized spacial score (nSPS) is 13.8. The highest BCUT2D eigenvalue weighted by atomic mass is 32.2. The van der Waals surface area contributed by atoms with Gasteiger partial charge in [-0.3, -0.25) is 0 Å². The topological polar surface area (TPSA) is 12.5 Å². The highest BCUT2D eigenvalue weighted by molar-refractivity contribution is 7.97. The molecule has 0 N–H and O–H groups in total. The molecule has 92 valence electrons. The van der Waals surface area contributed by atoms with Crippen LogP contribution in [-0.4, -0.2) is 35.4 Å². The third kappa shape index (κ3) is 8.12. The molecule has 2 nitrogen and oxygen atoms in total. The van der Waals surface area contributed by atoms with E-state index in [1.807, 2.05) is 11.9 Å². The van der Waals surface area contributed by atoms with Crippen molar-refractivity contribution in [3.8, 4) is 0 Å². The van der Waals surface area contributed by atoms with E-state index in [-0.39, 0.29) is 0 Å². The summed E-state index contributed by atoms with van der Waals surface area (Å²) in [5.41, 5.74) is 0. The van der Waals surface area contributed by atoms with Crippen LogP contribution in [0.4, 0.5) is 0 Å². The van der Waals surface area contributed by atoms with Gasteiger partial charge in [0.15, 0.2) is 0 Å². The van der Waals surface area contributed by atoms with Crippen LogP contribution in [0.5, 0.6) is 0 Å². The van der Waals surface area contributed by atoms with Crippen LogP contribution in [0.2, 0.25) is 0 Å². The van der Waals surface area contributed by atoms with Crippen molar-refractivity contribution in [2.24, 2.45) is 0 Å². The van der Waals surface area contributed by atoms with Crippen molar-refractivity contribution in [2.45, 2.75) is 59.7 Å². The van der Waals surface area contributed by atoms with E-state index in [1.165, 1.54) is 12.2 Å². The molecule has 0 radical (unpaired) electrons. The summed E-state index contributed by atoms with van der Waals surface area (Å²) in [5, 5.41) is 0. The highest BCUT2D eigenvalue weighted by Crippen LogP contribution is 2.14. The Bertz CT molecular complexity index is 142. The Kier molecular flexibility index (Phi) is 9.66. The van der Waals surface area contributed by atoms with Crippen LogP contribution in [0.25, 0.3) is 0 Å². The van der Waals surface area contributed by atoms with E-state index < -0.39 is 0 Å². The van der Waals surface area contributed by atoms with Gasteiger partial charge in [0, 0.05) is 18.8 Å². The number of rotatable bonds is 9. The van der Waals surface area contributed by atoms with Crippen LogP contribution in [0.3, 0.4) is 0 Å².